The van der Waals surface area contributed by atoms with Crippen molar-refractivity contribution in [1.82, 2.24) is 14.8 Å². The van der Waals surface area contributed by atoms with Crippen molar-refractivity contribution in [1.29, 1.82) is 5.26 Å². The number of nitriles is 1. The minimum Gasteiger partial charge on any atom is -0.316 e. The van der Waals surface area contributed by atoms with Gasteiger partial charge in [-0.25, -0.2) is 0 Å². The van der Waals surface area contributed by atoms with Crippen LogP contribution in [0.5, 0.6) is 0 Å². The average Bonchev–Trinajstić information content (AvgIpc) is 3.53. The van der Waals surface area contributed by atoms with E-state index >= 15 is 0 Å². The van der Waals surface area contributed by atoms with Gasteiger partial charge in [0.25, 0.3) is 0 Å². The summed E-state index contributed by atoms with van der Waals surface area (Å²) < 4.78 is 2.17. The first-order valence-electron chi connectivity index (χ1n) is 12.7. The zero-order chi connectivity index (χ0) is 24.2. The fraction of sp³-hybridized carbons (Fsp3) is 0.538. The number of anilines is 1. The smallest absolute Gasteiger partial charge is 0.235 e. The molecule has 184 valence electrons. The van der Waals surface area contributed by atoms with Gasteiger partial charge in [-0.1, -0.05) is 31.5 Å². The molecule has 0 unspecified atom stereocenters. The van der Waals surface area contributed by atoms with E-state index < -0.39 is 0 Å². The molecule has 3 aromatic rings. The Balaban J connectivity index is 1.31. The topological polar surface area (TPSA) is 83.6 Å². The maximum absolute atomic E-state index is 12.9. The minimum absolute atomic E-state index is 0.0961. The Labute approximate surface area is 219 Å². The van der Waals surface area contributed by atoms with Crippen LogP contribution in [0.2, 0.25) is 0 Å². The van der Waals surface area contributed by atoms with E-state index in [1.165, 1.54) is 64.7 Å². The van der Waals surface area contributed by atoms with Crippen LogP contribution in [0.3, 0.4) is 0 Å². The molecule has 0 saturated heterocycles. The Morgan fingerprint density at radius 1 is 1.09 bits per heavy atom. The summed E-state index contributed by atoms with van der Waals surface area (Å²) in [5.74, 6) is 1.08. The molecule has 2 aliphatic rings. The largest absolute Gasteiger partial charge is 0.316 e. The molecular weight excluding hydrogens is 495 g/mol. The van der Waals surface area contributed by atoms with Gasteiger partial charge in [0.1, 0.15) is 11.1 Å². The Bertz CT molecular complexity index is 1250. The molecule has 3 aromatic heterocycles. The lowest BCUT2D eigenvalue weighted by Crippen LogP contribution is -2.14. The van der Waals surface area contributed by atoms with E-state index in [2.05, 4.69) is 38.5 Å². The molecule has 0 bridgehead atoms. The van der Waals surface area contributed by atoms with Gasteiger partial charge in [0.15, 0.2) is 11.0 Å². The number of thiophene rings is 2. The summed E-state index contributed by atoms with van der Waals surface area (Å²) in [4.78, 5) is 15.7. The number of thioether (sulfide) groups is 1. The fourth-order valence-electron chi connectivity index (χ4n) is 5.12. The van der Waals surface area contributed by atoms with Crippen LogP contribution in [0.1, 0.15) is 78.3 Å². The van der Waals surface area contributed by atoms with Crippen LogP contribution >= 0.6 is 34.4 Å². The SMILES string of the molecule is CCCn1c(SCC(=O)Nc2sc3c(c2C#N)CCCCCC3)nnc1-c1csc2c1CCCC2. The van der Waals surface area contributed by atoms with Crippen molar-refractivity contribution in [2.75, 3.05) is 11.1 Å². The summed E-state index contributed by atoms with van der Waals surface area (Å²) in [5.41, 5.74) is 4.49. The first-order chi connectivity index (χ1) is 17.2. The summed E-state index contributed by atoms with van der Waals surface area (Å²) >= 11 is 4.86. The molecular formula is C26H31N5OS3. The van der Waals surface area contributed by atoms with Gasteiger partial charge in [-0.15, -0.1) is 32.9 Å². The van der Waals surface area contributed by atoms with Crippen LogP contribution in [0, 0.1) is 11.3 Å². The first-order valence-corrected chi connectivity index (χ1v) is 15.4. The van der Waals surface area contributed by atoms with E-state index in [1.54, 1.807) is 11.3 Å². The number of aryl methyl sites for hydroxylation is 2. The third kappa shape index (κ3) is 5.20. The van der Waals surface area contributed by atoms with Crippen LogP contribution in [0.4, 0.5) is 5.00 Å². The minimum atomic E-state index is -0.0961. The van der Waals surface area contributed by atoms with Gasteiger partial charge in [0, 0.05) is 27.2 Å². The molecule has 0 aliphatic heterocycles. The van der Waals surface area contributed by atoms with Crippen LogP contribution in [0.25, 0.3) is 11.4 Å². The van der Waals surface area contributed by atoms with Crippen LogP contribution < -0.4 is 5.32 Å². The predicted octanol–water partition coefficient (Wildman–Crippen LogP) is 6.62. The number of hydrogen-bond donors (Lipinski definition) is 1. The maximum atomic E-state index is 12.9. The Kier molecular flexibility index (Phi) is 7.91. The zero-order valence-electron chi connectivity index (χ0n) is 20.2. The molecule has 35 heavy (non-hydrogen) atoms. The zero-order valence-corrected chi connectivity index (χ0v) is 22.6. The molecule has 9 heteroatoms. The van der Waals surface area contributed by atoms with Crippen molar-refractivity contribution >= 4 is 45.3 Å². The molecule has 1 N–H and O–H groups in total. The van der Waals surface area contributed by atoms with Crippen LogP contribution in [-0.4, -0.2) is 26.4 Å². The number of rotatable bonds is 7. The molecule has 0 aromatic carbocycles. The lowest BCUT2D eigenvalue weighted by Gasteiger charge is -2.13. The second-order valence-corrected chi connectivity index (χ2v) is 12.3. The van der Waals surface area contributed by atoms with E-state index in [4.69, 9.17) is 0 Å². The van der Waals surface area contributed by atoms with Crippen molar-refractivity contribution in [3.8, 4) is 17.5 Å². The number of aromatic nitrogens is 3. The third-order valence-electron chi connectivity index (χ3n) is 6.83. The first kappa shape index (κ1) is 24.5. The van der Waals surface area contributed by atoms with E-state index in [1.807, 2.05) is 11.3 Å². The number of amides is 1. The van der Waals surface area contributed by atoms with Gasteiger partial charge < -0.3 is 9.88 Å². The molecule has 0 fully saturated rings. The van der Waals surface area contributed by atoms with Crippen molar-refractivity contribution in [2.24, 2.45) is 0 Å². The molecule has 2 aliphatic carbocycles. The molecule has 0 spiro atoms. The van der Waals surface area contributed by atoms with E-state index in [0.29, 0.717) is 10.6 Å². The number of carbonyl (C=O) groups excluding carboxylic acids is 1. The second kappa shape index (κ2) is 11.3. The summed E-state index contributed by atoms with van der Waals surface area (Å²) in [6.45, 7) is 2.98. The Morgan fingerprint density at radius 3 is 2.66 bits per heavy atom. The van der Waals surface area contributed by atoms with Crippen LogP contribution in [0.15, 0.2) is 10.5 Å². The van der Waals surface area contributed by atoms with E-state index in [9.17, 15) is 10.1 Å². The van der Waals surface area contributed by atoms with Crippen molar-refractivity contribution in [2.45, 2.75) is 89.3 Å². The highest BCUT2D eigenvalue weighted by molar-refractivity contribution is 7.99. The molecule has 0 saturated carbocycles. The standard InChI is InChI=1S/C26H31N5OS3/c1-2-13-31-24(20-15-33-21-11-8-7-10-18(20)21)29-30-26(31)34-16-23(32)28-25-19(14-27)17-9-5-3-4-6-12-22(17)35-25/h15H,2-13,16H2,1H3,(H,28,32). The highest BCUT2D eigenvalue weighted by Crippen LogP contribution is 2.38. The summed E-state index contributed by atoms with van der Waals surface area (Å²) in [5, 5.41) is 25.6. The number of nitrogens with zero attached hydrogens (tertiary/aromatic N) is 4. The van der Waals surface area contributed by atoms with Crippen molar-refractivity contribution in [3.63, 3.8) is 0 Å². The lowest BCUT2D eigenvalue weighted by molar-refractivity contribution is -0.113. The lowest BCUT2D eigenvalue weighted by atomic mass is 9.95. The molecule has 0 atom stereocenters. The monoisotopic (exact) mass is 525 g/mol. The predicted molar refractivity (Wildman–Crippen MR) is 145 cm³/mol. The third-order valence-corrected chi connectivity index (χ3v) is 10.1. The quantitative estimate of drug-likeness (QED) is 0.351. The summed E-state index contributed by atoms with van der Waals surface area (Å²) in [6.07, 6.45) is 12.4. The van der Waals surface area contributed by atoms with Crippen molar-refractivity contribution < 1.29 is 4.79 Å². The van der Waals surface area contributed by atoms with Gasteiger partial charge in [-0.3, -0.25) is 4.79 Å². The van der Waals surface area contributed by atoms with Gasteiger partial charge in [-0.05, 0) is 68.9 Å². The number of hydrogen-bond acceptors (Lipinski definition) is 7. The molecule has 6 nitrogen and oxygen atoms in total. The highest BCUT2D eigenvalue weighted by Gasteiger charge is 2.24. The number of nitrogens with one attached hydrogen (secondary N) is 1. The van der Waals surface area contributed by atoms with Gasteiger partial charge in [-0.2, -0.15) is 5.26 Å². The molecule has 1 amide bonds. The van der Waals surface area contributed by atoms with Crippen molar-refractivity contribution in [3.05, 3.63) is 31.8 Å². The maximum Gasteiger partial charge on any atom is 0.235 e. The normalized spacial score (nSPS) is 15.5. The fourth-order valence-corrected chi connectivity index (χ4v) is 8.26. The van der Waals surface area contributed by atoms with Crippen LogP contribution in [-0.2, 0) is 37.0 Å². The van der Waals surface area contributed by atoms with Gasteiger partial charge in [0.05, 0.1) is 11.3 Å². The average molecular weight is 526 g/mol. The summed E-state index contributed by atoms with van der Waals surface area (Å²) in [6, 6.07) is 2.36. The second-order valence-electron chi connectivity index (χ2n) is 9.29. The van der Waals surface area contributed by atoms with E-state index in [-0.39, 0.29) is 11.7 Å². The molecule has 3 heterocycles. The molecule has 5 rings (SSSR count). The number of carbonyl (C=O) groups is 1. The van der Waals surface area contributed by atoms with E-state index in [0.717, 1.165) is 61.6 Å². The molecule has 0 radical (unpaired) electrons. The summed E-state index contributed by atoms with van der Waals surface area (Å²) in [7, 11) is 0. The Hall–Kier alpha value is -2.15. The van der Waals surface area contributed by atoms with Gasteiger partial charge >= 0.3 is 0 Å². The van der Waals surface area contributed by atoms with Gasteiger partial charge in [0.2, 0.25) is 5.91 Å². The highest BCUT2D eigenvalue weighted by atomic mass is 32.2. The number of fused-ring (bicyclic) bond motifs is 2. The Morgan fingerprint density at radius 2 is 1.83 bits per heavy atom.